The summed E-state index contributed by atoms with van der Waals surface area (Å²) in [5.74, 6) is 0.307. The van der Waals surface area contributed by atoms with Crippen LogP contribution in [0.3, 0.4) is 0 Å². The first-order chi connectivity index (χ1) is 17.3. The molecule has 36 heavy (non-hydrogen) atoms. The predicted octanol–water partition coefficient (Wildman–Crippen LogP) is 5.55. The Labute approximate surface area is 215 Å². The van der Waals surface area contributed by atoms with Gasteiger partial charge >= 0.3 is 0 Å². The average molecular weight is 487 g/mol. The first-order valence-corrected chi connectivity index (χ1v) is 12.7. The van der Waals surface area contributed by atoms with Gasteiger partial charge in [-0.1, -0.05) is 79.2 Å². The second kappa shape index (κ2) is 12.9. The predicted molar refractivity (Wildman–Crippen MR) is 145 cm³/mol. The smallest absolute Gasteiger partial charge is 0.261 e. The molecule has 0 heterocycles. The number of nitrogens with zero attached hydrogens (tertiary/aromatic N) is 1. The summed E-state index contributed by atoms with van der Waals surface area (Å²) in [7, 11) is 0. The second-order valence-corrected chi connectivity index (χ2v) is 9.59. The van der Waals surface area contributed by atoms with E-state index in [1.54, 1.807) is 4.90 Å². The number of rotatable bonds is 11. The van der Waals surface area contributed by atoms with Crippen LogP contribution in [0.15, 0.2) is 72.8 Å². The molecule has 2 atom stereocenters. The summed E-state index contributed by atoms with van der Waals surface area (Å²) in [5.41, 5.74) is 5.11. The molecule has 0 fully saturated rings. The Bertz CT molecular complexity index is 1160. The van der Waals surface area contributed by atoms with Gasteiger partial charge in [-0.05, 0) is 62.4 Å². The molecule has 0 spiro atoms. The van der Waals surface area contributed by atoms with Crippen LogP contribution < -0.4 is 10.1 Å². The third-order valence-electron chi connectivity index (χ3n) is 6.40. The van der Waals surface area contributed by atoms with Crippen LogP contribution >= 0.6 is 0 Å². The van der Waals surface area contributed by atoms with Crippen molar-refractivity contribution in [2.45, 2.75) is 66.1 Å². The summed E-state index contributed by atoms with van der Waals surface area (Å²) in [6, 6.07) is 23.2. The lowest BCUT2D eigenvalue weighted by atomic mass is 10.0. The molecule has 0 aliphatic rings. The van der Waals surface area contributed by atoms with Gasteiger partial charge in [0.25, 0.3) is 5.91 Å². The summed E-state index contributed by atoms with van der Waals surface area (Å²) in [6.07, 6.45) is 1.23. The lowest BCUT2D eigenvalue weighted by Crippen LogP contribution is -2.53. The van der Waals surface area contributed by atoms with Gasteiger partial charge in [0.15, 0.2) is 6.61 Å². The number of carbonyl (C=O) groups excluding carboxylic acids is 2. The van der Waals surface area contributed by atoms with Crippen LogP contribution in [0.2, 0.25) is 0 Å². The lowest BCUT2D eigenvalue weighted by Gasteiger charge is -2.32. The van der Waals surface area contributed by atoms with Crippen molar-refractivity contribution in [2.75, 3.05) is 6.61 Å². The first-order valence-electron chi connectivity index (χ1n) is 12.7. The number of benzene rings is 3. The minimum Gasteiger partial charge on any atom is -0.483 e. The molecule has 0 saturated heterocycles. The molecule has 190 valence electrons. The largest absolute Gasteiger partial charge is 0.483 e. The van der Waals surface area contributed by atoms with E-state index >= 15 is 0 Å². The van der Waals surface area contributed by atoms with Crippen molar-refractivity contribution in [2.24, 2.45) is 0 Å². The maximum absolute atomic E-state index is 13.7. The Balaban J connectivity index is 1.93. The number of hydrogen-bond acceptors (Lipinski definition) is 3. The van der Waals surface area contributed by atoms with Crippen LogP contribution in [0.4, 0.5) is 0 Å². The van der Waals surface area contributed by atoms with Gasteiger partial charge < -0.3 is 15.0 Å². The molecule has 0 aliphatic heterocycles. The Morgan fingerprint density at radius 2 is 1.58 bits per heavy atom. The number of nitrogens with one attached hydrogen (secondary N) is 1. The molecule has 5 nitrogen and oxygen atoms in total. The molecule has 0 bridgehead atoms. The molecular formula is C31H38N2O3. The molecular weight excluding hydrogens is 448 g/mol. The van der Waals surface area contributed by atoms with Crippen molar-refractivity contribution in [3.05, 3.63) is 101 Å². The highest BCUT2D eigenvalue weighted by Gasteiger charge is 2.31. The number of carbonyl (C=O) groups is 2. The molecule has 0 unspecified atom stereocenters. The van der Waals surface area contributed by atoms with Gasteiger partial charge in [0.05, 0.1) is 0 Å². The molecule has 0 saturated carbocycles. The van der Waals surface area contributed by atoms with Crippen molar-refractivity contribution in [3.63, 3.8) is 0 Å². The molecule has 3 aromatic rings. The van der Waals surface area contributed by atoms with E-state index in [1.165, 1.54) is 0 Å². The van der Waals surface area contributed by atoms with Gasteiger partial charge in [-0.15, -0.1) is 0 Å². The van der Waals surface area contributed by atoms with Crippen LogP contribution in [0.5, 0.6) is 5.75 Å². The molecule has 3 aromatic carbocycles. The van der Waals surface area contributed by atoms with E-state index in [9.17, 15) is 9.59 Å². The standard InChI is InChI=1S/C31H38N2O3/c1-6-25(5)32-31(35)28(19-26-12-8-7-9-13-26)33(20-27-14-10-11-22(2)17-27)30(34)21-36-29-18-23(3)15-16-24(29)4/h7-18,25,28H,6,19-21H2,1-5H3,(H,32,35)/t25-,28+/m0/s1. The first kappa shape index (κ1) is 27.0. The van der Waals surface area contributed by atoms with Gasteiger partial charge in [0.2, 0.25) is 5.91 Å². The molecule has 5 heteroatoms. The average Bonchev–Trinajstić information content (AvgIpc) is 2.87. The monoisotopic (exact) mass is 486 g/mol. The Kier molecular flexibility index (Phi) is 9.69. The lowest BCUT2D eigenvalue weighted by molar-refractivity contribution is -0.143. The zero-order valence-electron chi connectivity index (χ0n) is 22.1. The van der Waals surface area contributed by atoms with Crippen molar-refractivity contribution < 1.29 is 14.3 Å². The fourth-order valence-electron chi connectivity index (χ4n) is 4.09. The maximum Gasteiger partial charge on any atom is 0.261 e. The van der Waals surface area contributed by atoms with E-state index < -0.39 is 6.04 Å². The molecule has 1 N–H and O–H groups in total. The van der Waals surface area contributed by atoms with E-state index in [2.05, 4.69) is 11.4 Å². The van der Waals surface area contributed by atoms with Gasteiger partial charge in [-0.3, -0.25) is 9.59 Å². The molecule has 2 amide bonds. The molecule has 0 aliphatic carbocycles. The van der Waals surface area contributed by atoms with E-state index in [4.69, 9.17) is 4.74 Å². The molecule has 3 rings (SSSR count). The number of aryl methyl sites for hydroxylation is 3. The third kappa shape index (κ3) is 7.70. The second-order valence-electron chi connectivity index (χ2n) is 9.59. The summed E-state index contributed by atoms with van der Waals surface area (Å²) < 4.78 is 5.98. The fraction of sp³-hybridized carbons (Fsp3) is 0.355. The Hall–Kier alpha value is -3.60. The van der Waals surface area contributed by atoms with Crippen molar-refractivity contribution in [1.29, 1.82) is 0 Å². The van der Waals surface area contributed by atoms with E-state index in [0.717, 1.165) is 34.2 Å². The maximum atomic E-state index is 13.7. The quantitative estimate of drug-likeness (QED) is 0.387. The summed E-state index contributed by atoms with van der Waals surface area (Å²) >= 11 is 0. The highest BCUT2D eigenvalue weighted by molar-refractivity contribution is 5.88. The highest BCUT2D eigenvalue weighted by Crippen LogP contribution is 2.21. The number of hydrogen-bond donors (Lipinski definition) is 1. The zero-order valence-corrected chi connectivity index (χ0v) is 22.1. The number of ether oxygens (including phenoxy) is 1. The number of amides is 2. The zero-order chi connectivity index (χ0) is 26.1. The van der Waals surface area contributed by atoms with E-state index in [-0.39, 0.29) is 24.5 Å². The highest BCUT2D eigenvalue weighted by atomic mass is 16.5. The molecule has 0 radical (unpaired) electrons. The van der Waals surface area contributed by atoms with Gasteiger partial charge in [-0.25, -0.2) is 0 Å². The minimum atomic E-state index is -0.670. The van der Waals surface area contributed by atoms with E-state index in [1.807, 2.05) is 101 Å². The van der Waals surface area contributed by atoms with Crippen LogP contribution in [0, 0.1) is 20.8 Å². The molecule has 0 aromatic heterocycles. The van der Waals surface area contributed by atoms with Gasteiger partial charge in [0, 0.05) is 19.0 Å². The van der Waals surface area contributed by atoms with Crippen molar-refractivity contribution >= 4 is 11.8 Å². The Morgan fingerprint density at radius 3 is 2.28 bits per heavy atom. The van der Waals surface area contributed by atoms with Gasteiger partial charge in [0.1, 0.15) is 11.8 Å². The fourth-order valence-corrected chi connectivity index (χ4v) is 4.09. The van der Waals surface area contributed by atoms with Crippen LogP contribution in [0.25, 0.3) is 0 Å². The topological polar surface area (TPSA) is 58.6 Å². The summed E-state index contributed by atoms with van der Waals surface area (Å²) in [5, 5.41) is 3.10. The van der Waals surface area contributed by atoms with Crippen molar-refractivity contribution in [1.82, 2.24) is 10.2 Å². The Morgan fingerprint density at radius 1 is 0.889 bits per heavy atom. The third-order valence-corrected chi connectivity index (χ3v) is 6.40. The normalized spacial score (nSPS) is 12.5. The SMILES string of the molecule is CC[C@H](C)NC(=O)[C@@H](Cc1ccccc1)N(Cc1cccc(C)c1)C(=O)COc1cc(C)ccc1C. The van der Waals surface area contributed by atoms with E-state index in [0.29, 0.717) is 18.7 Å². The minimum absolute atomic E-state index is 0.0119. The summed E-state index contributed by atoms with van der Waals surface area (Å²) in [4.78, 5) is 28.9. The van der Waals surface area contributed by atoms with Crippen LogP contribution in [-0.4, -0.2) is 35.4 Å². The van der Waals surface area contributed by atoms with Crippen LogP contribution in [0.1, 0.15) is 48.1 Å². The van der Waals surface area contributed by atoms with Gasteiger partial charge in [-0.2, -0.15) is 0 Å². The summed E-state index contributed by atoms with van der Waals surface area (Å²) in [6.45, 7) is 10.2. The van der Waals surface area contributed by atoms with Crippen LogP contribution in [-0.2, 0) is 22.6 Å². The van der Waals surface area contributed by atoms with Crippen molar-refractivity contribution in [3.8, 4) is 5.75 Å².